The van der Waals surface area contributed by atoms with Crippen LogP contribution in [0.2, 0.25) is 5.02 Å². The molecule has 0 saturated carbocycles. The molecular weight excluding hydrogens is 354 g/mol. The summed E-state index contributed by atoms with van der Waals surface area (Å²) in [4.78, 5) is 25.2. The van der Waals surface area contributed by atoms with Crippen LogP contribution in [0, 0.1) is 16.0 Å². The lowest BCUT2D eigenvalue weighted by atomic mass is 9.96. The molecule has 0 aromatic heterocycles. The molecule has 1 heterocycles. The maximum absolute atomic E-state index is 12.6. The third-order valence-corrected chi connectivity index (χ3v) is 4.73. The maximum Gasteiger partial charge on any atom is 0.271 e. The van der Waals surface area contributed by atoms with Crippen molar-refractivity contribution in [2.24, 2.45) is 5.92 Å². The SMILES string of the molecule is O=C(Nc1cccc([N+](=O)[O-])c1)C1CCCN(Cc2cccc(Cl)c2)C1. The summed E-state index contributed by atoms with van der Waals surface area (Å²) in [6, 6.07) is 13.8. The van der Waals surface area contributed by atoms with E-state index in [0.717, 1.165) is 31.5 Å². The van der Waals surface area contributed by atoms with Gasteiger partial charge in [0.25, 0.3) is 5.69 Å². The smallest absolute Gasteiger partial charge is 0.271 e. The highest BCUT2D eigenvalue weighted by Crippen LogP contribution is 2.23. The number of nitrogens with one attached hydrogen (secondary N) is 1. The van der Waals surface area contributed by atoms with Crippen LogP contribution in [0.3, 0.4) is 0 Å². The zero-order chi connectivity index (χ0) is 18.5. The van der Waals surface area contributed by atoms with Gasteiger partial charge in [0.15, 0.2) is 0 Å². The quantitative estimate of drug-likeness (QED) is 0.632. The molecule has 0 bridgehead atoms. The van der Waals surface area contributed by atoms with E-state index >= 15 is 0 Å². The molecule has 0 radical (unpaired) electrons. The monoisotopic (exact) mass is 373 g/mol. The Morgan fingerprint density at radius 1 is 1.27 bits per heavy atom. The van der Waals surface area contributed by atoms with Crippen LogP contribution in [0.5, 0.6) is 0 Å². The van der Waals surface area contributed by atoms with E-state index < -0.39 is 4.92 Å². The lowest BCUT2D eigenvalue weighted by molar-refractivity contribution is -0.384. The molecule has 2 aromatic carbocycles. The van der Waals surface area contributed by atoms with Crippen LogP contribution in [0.15, 0.2) is 48.5 Å². The molecule has 1 saturated heterocycles. The number of non-ortho nitro benzene ring substituents is 1. The third-order valence-electron chi connectivity index (χ3n) is 4.50. The van der Waals surface area contributed by atoms with E-state index in [2.05, 4.69) is 10.2 Å². The van der Waals surface area contributed by atoms with Gasteiger partial charge in [0.1, 0.15) is 0 Å². The van der Waals surface area contributed by atoms with Gasteiger partial charge in [-0.3, -0.25) is 19.8 Å². The highest BCUT2D eigenvalue weighted by Gasteiger charge is 2.26. The number of piperidine rings is 1. The first-order valence-electron chi connectivity index (χ1n) is 8.53. The molecule has 6 nitrogen and oxygen atoms in total. The summed E-state index contributed by atoms with van der Waals surface area (Å²) < 4.78 is 0. The van der Waals surface area contributed by atoms with Crippen LogP contribution in [0.25, 0.3) is 0 Å². The summed E-state index contributed by atoms with van der Waals surface area (Å²) >= 11 is 6.04. The molecule has 3 rings (SSSR count). The summed E-state index contributed by atoms with van der Waals surface area (Å²) in [6.07, 6.45) is 1.75. The van der Waals surface area contributed by atoms with Crippen molar-refractivity contribution in [3.05, 3.63) is 69.2 Å². The van der Waals surface area contributed by atoms with Crippen molar-refractivity contribution in [2.45, 2.75) is 19.4 Å². The number of benzene rings is 2. The van der Waals surface area contributed by atoms with Gasteiger partial charge in [0.05, 0.1) is 10.8 Å². The molecule has 136 valence electrons. The highest BCUT2D eigenvalue weighted by atomic mass is 35.5. The van der Waals surface area contributed by atoms with E-state index in [1.165, 1.54) is 12.1 Å². The van der Waals surface area contributed by atoms with Gasteiger partial charge in [-0.1, -0.05) is 29.8 Å². The van der Waals surface area contributed by atoms with Gasteiger partial charge in [0.2, 0.25) is 5.91 Å². The van der Waals surface area contributed by atoms with Gasteiger partial charge in [-0.25, -0.2) is 0 Å². The molecule has 1 N–H and O–H groups in total. The Bertz CT molecular complexity index is 812. The van der Waals surface area contributed by atoms with Gasteiger partial charge in [-0.15, -0.1) is 0 Å². The first kappa shape index (κ1) is 18.4. The van der Waals surface area contributed by atoms with Crippen molar-refractivity contribution in [3.63, 3.8) is 0 Å². The zero-order valence-electron chi connectivity index (χ0n) is 14.2. The number of nitro benzene ring substituents is 1. The number of hydrogen-bond donors (Lipinski definition) is 1. The predicted molar refractivity (Wildman–Crippen MR) is 101 cm³/mol. The molecule has 2 aromatic rings. The standard InChI is InChI=1S/C19H20ClN3O3/c20-16-6-1-4-14(10-16)12-22-9-3-5-15(13-22)19(24)21-17-7-2-8-18(11-17)23(25)26/h1-2,4,6-8,10-11,15H,3,5,9,12-13H2,(H,21,24). The van der Waals surface area contributed by atoms with Crippen LogP contribution in [0.1, 0.15) is 18.4 Å². The summed E-state index contributed by atoms with van der Waals surface area (Å²) in [5.74, 6) is -0.233. The van der Waals surface area contributed by atoms with Crippen molar-refractivity contribution in [2.75, 3.05) is 18.4 Å². The minimum absolute atomic E-state index is 0.0333. The average molecular weight is 374 g/mol. The van der Waals surface area contributed by atoms with Crippen LogP contribution >= 0.6 is 11.6 Å². The Morgan fingerprint density at radius 3 is 2.85 bits per heavy atom. The van der Waals surface area contributed by atoms with Crippen molar-refractivity contribution < 1.29 is 9.72 Å². The summed E-state index contributed by atoms with van der Waals surface area (Å²) in [5, 5.41) is 14.4. The Morgan fingerprint density at radius 2 is 2.08 bits per heavy atom. The number of amides is 1. The van der Waals surface area contributed by atoms with Crippen LogP contribution in [0.4, 0.5) is 11.4 Å². The van der Waals surface area contributed by atoms with E-state index in [1.54, 1.807) is 12.1 Å². The molecular formula is C19H20ClN3O3. The number of carbonyl (C=O) groups excluding carboxylic acids is 1. The molecule has 1 aliphatic heterocycles. The van der Waals surface area contributed by atoms with Gasteiger partial charge in [-0.05, 0) is 43.1 Å². The molecule has 1 unspecified atom stereocenters. The fourth-order valence-corrected chi connectivity index (χ4v) is 3.46. The van der Waals surface area contributed by atoms with Crippen molar-refractivity contribution >= 4 is 28.9 Å². The Balaban J connectivity index is 1.61. The Labute approximate surface area is 156 Å². The molecule has 7 heteroatoms. The van der Waals surface area contributed by atoms with Gasteiger partial charge in [0, 0.05) is 35.9 Å². The molecule has 26 heavy (non-hydrogen) atoms. The Kier molecular flexibility index (Phi) is 5.85. The largest absolute Gasteiger partial charge is 0.326 e. The van der Waals surface area contributed by atoms with E-state index in [4.69, 9.17) is 11.6 Å². The van der Waals surface area contributed by atoms with Crippen LogP contribution in [-0.2, 0) is 11.3 Å². The third kappa shape index (κ3) is 4.80. The van der Waals surface area contributed by atoms with Crippen LogP contribution in [-0.4, -0.2) is 28.8 Å². The number of halogens is 1. The second kappa shape index (κ2) is 8.29. The molecule has 1 fully saturated rings. The molecule has 1 amide bonds. The predicted octanol–water partition coefficient (Wildman–Crippen LogP) is 4.10. The normalized spacial score (nSPS) is 17.7. The number of rotatable bonds is 5. The number of likely N-dealkylation sites (tertiary alicyclic amines) is 1. The first-order valence-corrected chi connectivity index (χ1v) is 8.91. The van der Waals surface area contributed by atoms with E-state index in [-0.39, 0.29) is 17.5 Å². The van der Waals surface area contributed by atoms with Crippen molar-refractivity contribution in [3.8, 4) is 0 Å². The lowest BCUT2D eigenvalue weighted by Crippen LogP contribution is -2.40. The highest BCUT2D eigenvalue weighted by molar-refractivity contribution is 6.30. The van der Waals surface area contributed by atoms with Crippen LogP contribution < -0.4 is 5.32 Å². The number of anilines is 1. The number of nitro groups is 1. The van der Waals surface area contributed by atoms with E-state index in [9.17, 15) is 14.9 Å². The van der Waals surface area contributed by atoms with E-state index in [0.29, 0.717) is 17.3 Å². The zero-order valence-corrected chi connectivity index (χ0v) is 15.0. The van der Waals surface area contributed by atoms with Crippen molar-refractivity contribution in [1.29, 1.82) is 0 Å². The first-order chi connectivity index (χ1) is 12.5. The summed E-state index contributed by atoms with van der Waals surface area (Å²) in [5.41, 5.74) is 1.54. The molecule has 0 spiro atoms. The lowest BCUT2D eigenvalue weighted by Gasteiger charge is -2.32. The van der Waals surface area contributed by atoms with E-state index in [1.807, 2.05) is 24.3 Å². The second-order valence-electron chi connectivity index (χ2n) is 6.50. The number of nitrogens with zero attached hydrogens (tertiary/aromatic N) is 2. The van der Waals surface area contributed by atoms with Gasteiger partial charge < -0.3 is 5.32 Å². The molecule has 0 aliphatic carbocycles. The number of hydrogen-bond acceptors (Lipinski definition) is 4. The average Bonchev–Trinajstić information content (AvgIpc) is 2.62. The van der Waals surface area contributed by atoms with Crippen molar-refractivity contribution in [1.82, 2.24) is 4.90 Å². The minimum Gasteiger partial charge on any atom is -0.326 e. The van der Waals surface area contributed by atoms with Gasteiger partial charge >= 0.3 is 0 Å². The molecule has 1 atom stereocenters. The minimum atomic E-state index is -0.469. The topological polar surface area (TPSA) is 75.5 Å². The summed E-state index contributed by atoms with van der Waals surface area (Å²) in [6.45, 7) is 2.35. The Hall–Kier alpha value is -2.44. The maximum atomic E-state index is 12.6. The molecule has 1 aliphatic rings. The van der Waals surface area contributed by atoms with Gasteiger partial charge in [-0.2, -0.15) is 0 Å². The fraction of sp³-hybridized carbons (Fsp3) is 0.316. The number of carbonyl (C=O) groups is 1. The second-order valence-corrected chi connectivity index (χ2v) is 6.94. The summed E-state index contributed by atoms with van der Waals surface area (Å²) in [7, 11) is 0. The fourth-order valence-electron chi connectivity index (χ4n) is 3.25.